The molecule has 0 aliphatic heterocycles. The van der Waals surface area contributed by atoms with E-state index in [1.807, 2.05) is 30.3 Å². The predicted molar refractivity (Wildman–Crippen MR) is 80.0 cm³/mol. The van der Waals surface area contributed by atoms with Gasteiger partial charge in [-0.15, -0.1) is 0 Å². The Balaban J connectivity index is 2.69. The normalized spacial score (nSPS) is 11.8. The second kappa shape index (κ2) is 11.5. The molecule has 120 valence electrons. The van der Waals surface area contributed by atoms with Gasteiger partial charge in [0.15, 0.2) is 0 Å². The van der Waals surface area contributed by atoms with Crippen LogP contribution in [-0.4, -0.2) is 19.8 Å². The average Bonchev–Trinajstić information content (AvgIpc) is 2.54. The molecule has 0 aromatic heterocycles. The number of rotatable bonds is 12. The van der Waals surface area contributed by atoms with Crippen LogP contribution in [0, 0.1) is 0 Å². The summed E-state index contributed by atoms with van der Waals surface area (Å²) in [6.45, 7) is 8.58. The Hall–Kier alpha value is -0.0569. The zero-order chi connectivity index (χ0) is 15.4. The molecule has 0 amide bonds. The van der Waals surface area contributed by atoms with Crippen molar-refractivity contribution < 1.29 is 33.3 Å². The van der Waals surface area contributed by atoms with Gasteiger partial charge in [-0.2, -0.15) is 0 Å². The van der Waals surface area contributed by atoms with E-state index >= 15 is 0 Å². The zero-order valence-corrected chi connectivity index (χ0v) is 15.9. The fraction of sp³-hybridized carbons (Fsp3) is 0.625. The summed E-state index contributed by atoms with van der Waals surface area (Å²) in [7, 11) is 0. The van der Waals surface area contributed by atoms with Crippen LogP contribution in [-0.2, 0) is 39.9 Å². The van der Waals surface area contributed by atoms with Crippen molar-refractivity contribution in [1.82, 2.24) is 0 Å². The molecule has 0 heterocycles. The molecule has 0 spiro atoms. The topological polar surface area (TPSA) is 36.9 Å². The molecular weight excluding hydrogens is 347 g/mol. The molecule has 0 radical (unpaired) electrons. The van der Waals surface area contributed by atoms with Crippen molar-refractivity contribution >= 4 is 0 Å². The van der Waals surface area contributed by atoms with E-state index in [9.17, 15) is 0 Å². The van der Waals surface area contributed by atoms with Crippen molar-refractivity contribution in [2.75, 3.05) is 19.8 Å². The maximum atomic E-state index is 6.07. The van der Waals surface area contributed by atoms with Crippen LogP contribution >= 0.6 is 0 Å². The van der Waals surface area contributed by atoms with Crippen molar-refractivity contribution in [3.8, 4) is 0 Å². The quantitative estimate of drug-likeness (QED) is 0.546. The molecule has 0 saturated heterocycles. The van der Waals surface area contributed by atoms with Gasteiger partial charge < -0.3 is 0 Å². The van der Waals surface area contributed by atoms with Crippen LogP contribution < -0.4 is 0 Å². The molecule has 0 aliphatic carbocycles. The van der Waals surface area contributed by atoms with Gasteiger partial charge in [-0.25, -0.2) is 0 Å². The van der Waals surface area contributed by atoms with Crippen LogP contribution in [0.1, 0.15) is 45.6 Å². The molecule has 21 heavy (non-hydrogen) atoms. The number of hydrogen-bond donors (Lipinski definition) is 0. The molecular formula is C16H28O4Zr. The minimum atomic E-state index is -3.89. The molecule has 0 unspecified atom stereocenters. The van der Waals surface area contributed by atoms with Gasteiger partial charge in [0.25, 0.3) is 0 Å². The van der Waals surface area contributed by atoms with Crippen molar-refractivity contribution in [3.05, 3.63) is 35.9 Å². The third-order valence-corrected chi connectivity index (χ3v) is 8.04. The Kier molecular flexibility index (Phi) is 10.4. The minimum absolute atomic E-state index is 0.480. The second-order valence-electron chi connectivity index (χ2n) is 4.82. The number of benzene rings is 1. The second-order valence-corrected chi connectivity index (χ2v) is 10.1. The van der Waals surface area contributed by atoms with Crippen LogP contribution in [0.2, 0.25) is 0 Å². The van der Waals surface area contributed by atoms with Gasteiger partial charge in [0.1, 0.15) is 0 Å². The maximum absolute atomic E-state index is 6.07. The van der Waals surface area contributed by atoms with E-state index in [0.29, 0.717) is 26.4 Å². The van der Waals surface area contributed by atoms with E-state index in [0.717, 1.165) is 24.8 Å². The van der Waals surface area contributed by atoms with E-state index in [4.69, 9.17) is 11.3 Å². The van der Waals surface area contributed by atoms with Gasteiger partial charge in [-0.05, 0) is 0 Å². The molecule has 1 aromatic carbocycles. The Morgan fingerprint density at radius 2 is 1.19 bits per heavy atom. The van der Waals surface area contributed by atoms with E-state index in [2.05, 4.69) is 20.8 Å². The zero-order valence-electron chi connectivity index (χ0n) is 13.5. The molecule has 0 fully saturated rings. The van der Waals surface area contributed by atoms with E-state index in [-0.39, 0.29) is 0 Å². The molecule has 0 N–H and O–H groups in total. The summed E-state index contributed by atoms with van der Waals surface area (Å²) in [5.41, 5.74) is 1.11. The molecule has 0 atom stereocenters. The van der Waals surface area contributed by atoms with Gasteiger partial charge in [0, 0.05) is 0 Å². The Labute approximate surface area is 135 Å². The molecule has 0 aliphatic rings. The van der Waals surface area contributed by atoms with Crippen LogP contribution in [0.3, 0.4) is 0 Å². The Morgan fingerprint density at radius 3 is 1.62 bits per heavy atom. The number of hydrogen-bond acceptors (Lipinski definition) is 4. The van der Waals surface area contributed by atoms with Gasteiger partial charge in [0.05, 0.1) is 0 Å². The van der Waals surface area contributed by atoms with Crippen LogP contribution in [0.25, 0.3) is 0 Å². The summed E-state index contributed by atoms with van der Waals surface area (Å²) in [6, 6.07) is 10.1. The van der Waals surface area contributed by atoms with E-state index in [1.165, 1.54) is 0 Å². The van der Waals surface area contributed by atoms with Gasteiger partial charge in [-0.1, -0.05) is 0 Å². The summed E-state index contributed by atoms with van der Waals surface area (Å²) in [5.74, 6) is 0. The Morgan fingerprint density at radius 1 is 0.714 bits per heavy atom. The van der Waals surface area contributed by atoms with Crippen molar-refractivity contribution in [2.24, 2.45) is 0 Å². The SMILES string of the molecule is CCC[O][Zr]([O]CCC)([O]CCC)[O]Cc1ccccc1. The van der Waals surface area contributed by atoms with Crippen molar-refractivity contribution in [3.63, 3.8) is 0 Å². The molecule has 0 bridgehead atoms. The molecule has 5 heteroatoms. The van der Waals surface area contributed by atoms with Gasteiger partial charge in [-0.3, -0.25) is 0 Å². The summed E-state index contributed by atoms with van der Waals surface area (Å²) in [5, 5.41) is 0. The first kappa shape index (κ1) is 19.0. The monoisotopic (exact) mass is 374 g/mol. The first-order valence-corrected chi connectivity index (χ1v) is 11.9. The fourth-order valence-electron chi connectivity index (χ4n) is 1.68. The van der Waals surface area contributed by atoms with Crippen LogP contribution in [0.15, 0.2) is 30.3 Å². The van der Waals surface area contributed by atoms with Crippen LogP contribution in [0.4, 0.5) is 0 Å². The first-order chi connectivity index (χ1) is 10.3. The van der Waals surface area contributed by atoms with Gasteiger partial charge in [0.2, 0.25) is 0 Å². The standard InChI is InChI=1S/C7H7O.3C3H7O.Zr/c8-6-7-4-2-1-3-5-7;3*1-2-3-4;/h1-5H,6H2;3*2-3H2,1H3;/q4*-1;+4. The van der Waals surface area contributed by atoms with Crippen molar-refractivity contribution in [1.29, 1.82) is 0 Å². The Bertz CT molecular complexity index is 337. The third-order valence-electron chi connectivity index (χ3n) is 2.71. The third kappa shape index (κ3) is 7.66. The average molecular weight is 376 g/mol. The van der Waals surface area contributed by atoms with Crippen LogP contribution in [0.5, 0.6) is 0 Å². The molecule has 1 aromatic rings. The van der Waals surface area contributed by atoms with Gasteiger partial charge >= 0.3 is 136 Å². The van der Waals surface area contributed by atoms with E-state index in [1.54, 1.807) is 0 Å². The summed E-state index contributed by atoms with van der Waals surface area (Å²) in [6.07, 6.45) is 2.79. The molecule has 1 rings (SSSR count). The van der Waals surface area contributed by atoms with Crippen molar-refractivity contribution in [2.45, 2.75) is 46.6 Å². The summed E-state index contributed by atoms with van der Waals surface area (Å²) < 4.78 is 23.9. The summed E-state index contributed by atoms with van der Waals surface area (Å²) in [4.78, 5) is 0. The summed E-state index contributed by atoms with van der Waals surface area (Å²) >= 11 is -3.89. The predicted octanol–water partition coefficient (Wildman–Crippen LogP) is 4.30. The van der Waals surface area contributed by atoms with E-state index < -0.39 is 22.0 Å². The first-order valence-electron chi connectivity index (χ1n) is 7.86. The molecule has 0 saturated carbocycles. The molecule has 4 nitrogen and oxygen atoms in total. The fourth-order valence-corrected chi connectivity index (χ4v) is 7.10.